The van der Waals surface area contributed by atoms with Crippen molar-refractivity contribution in [2.75, 3.05) is 4.90 Å². The molecule has 4 heteroatoms. The third-order valence-corrected chi connectivity index (χ3v) is 12.9. The lowest BCUT2D eigenvalue weighted by Gasteiger charge is -2.32. The van der Waals surface area contributed by atoms with Crippen molar-refractivity contribution in [1.82, 2.24) is 0 Å². The molecule has 1 unspecified atom stereocenters. The molecule has 0 saturated heterocycles. The number of anilines is 3. The summed E-state index contributed by atoms with van der Waals surface area (Å²) in [4.78, 5) is 2.33. The highest BCUT2D eigenvalue weighted by Crippen LogP contribution is 2.64. The zero-order valence-electron chi connectivity index (χ0n) is 31.9. The van der Waals surface area contributed by atoms with Gasteiger partial charge in [0.25, 0.3) is 0 Å². The Balaban J connectivity index is 0.915. The van der Waals surface area contributed by atoms with Crippen LogP contribution in [0.3, 0.4) is 0 Å². The van der Waals surface area contributed by atoms with Crippen molar-refractivity contribution in [3.05, 3.63) is 227 Å². The second-order valence-corrected chi connectivity index (χ2v) is 15.9. The summed E-state index contributed by atoms with van der Waals surface area (Å²) < 4.78 is 20.2. The Morgan fingerprint density at radius 3 is 1.86 bits per heavy atom. The number of para-hydroxylation sites is 3. The highest BCUT2D eigenvalue weighted by molar-refractivity contribution is 5.96. The molecule has 1 aromatic heterocycles. The lowest BCUT2D eigenvalue weighted by Crippen LogP contribution is -2.25. The number of rotatable bonds is 4. The van der Waals surface area contributed by atoms with Crippen molar-refractivity contribution < 1.29 is 13.9 Å². The summed E-state index contributed by atoms with van der Waals surface area (Å²) in [7, 11) is 0. The van der Waals surface area contributed by atoms with Crippen LogP contribution in [0.1, 0.15) is 45.1 Å². The first-order valence-corrected chi connectivity index (χ1v) is 20.3. The minimum Gasteiger partial charge on any atom is -0.460 e. The van der Waals surface area contributed by atoms with Gasteiger partial charge in [-0.05, 0) is 98.6 Å². The van der Waals surface area contributed by atoms with Crippen molar-refractivity contribution in [1.29, 1.82) is 0 Å². The van der Waals surface area contributed by atoms with Crippen LogP contribution in [0, 0.1) is 0 Å². The van der Waals surface area contributed by atoms with Crippen LogP contribution >= 0.6 is 0 Å². The largest absolute Gasteiger partial charge is 0.460 e. The van der Waals surface area contributed by atoms with Gasteiger partial charge in [-0.15, -0.1) is 0 Å². The Bertz CT molecular complexity index is 3180. The number of furan rings is 1. The molecule has 59 heavy (non-hydrogen) atoms. The average molecular weight is 758 g/mol. The number of nitrogens with zero attached hydrogens (tertiary/aromatic N) is 1. The van der Waals surface area contributed by atoms with Crippen molar-refractivity contribution >= 4 is 34.1 Å². The Hall–Kier alpha value is -7.56. The van der Waals surface area contributed by atoms with E-state index in [0.717, 1.165) is 46.0 Å². The zero-order chi connectivity index (χ0) is 38.7. The molecular formula is C55H35NO3. The molecule has 13 rings (SSSR count). The fraction of sp³-hybridized carbons (Fsp3) is 0.0545. The molecule has 2 heterocycles. The maximum absolute atomic E-state index is 6.91. The van der Waals surface area contributed by atoms with Crippen LogP contribution in [0.15, 0.2) is 192 Å². The Labute approximate surface area is 341 Å². The number of ether oxygens (including phenoxy) is 2. The van der Waals surface area contributed by atoms with Crippen LogP contribution in [-0.2, 0) is 11.8 Å². The molecule has 0 amide bonds. The van der Waals surface area contributed by atoms with Gasteiger partial charge in [0, 0.05) is 40.7 Å². The number of hydrogen-bond donors (Lipinski definition) is 0. The van der Waals surface area contributed by atoms with Crippen LogP contribution in [0.2, 0.25) is 0 Å². The third kappa shape index (κ3) is 4.54. The second-order valence-electron chi connectivity index (χ2n) is 15.9. The van der Waals surface area contributed by atoms with Gasteiger partial charge in [0.2, 0.25) is 0 Å². The monoisotopic (exact) mass is 757 g/mol. The van der Waals surface area contributed by atoms with Crippen LogP contribution < -0.4 is 14.4 Å². The average Bonchev–Trinajstić information content (AvgIpc) is 3.92. The summed E-state index contributed by atoms with van der Waals surface area (Å²) in [6.45, 7) is 0. The normalized spacial score (nSPS) is 15.6. The quantitative estimate of drug-likeness (QED) is 0.179. The van der Waals surface area contributed by atoms with Gasteiger partial charge in [0.1, 0.15) is 11.3 Å². The van der Waals surface area contributed by atoms with Crippen LogP contribution in [-0.4, -0.2) is 0 Å². The molecular weight excluding hydrogens is 723 g/mol. The molecule has 8 aromatic carbocycles. The summed E-state index contributed by atoms with van der Waals surface area (Å²) in [5.41, 5.74) is 16.1. The molecule has 0 radical (unpaired) electrons. The zero-order valence-corrected chi connectivity index (χ0v) is 31.9. The minimum atomic E-state index is -0.454. The van der Waals surface area contributed by atoms with Crippen LogP contribution in [0.5, 0.6) is 23.0 Å². The lowest BCUT2D eigenvalue weighted by molar-refractivity contribution is 0.359. The number of hydrogen-bond acceptors (Lipinski definition) is 4. The molecule has 0 fully saturated rings. The summed E-state index contributed by atoms with van der Waals surface area (Å²) in [5.74, 6) is 3.95. The van der Waals surface area contributed by atoms with E-state index in [2.05, 4.69) is 187 Å². The van der Waals surface area contributed by atoms with Crippen LogP contribution in [0.4, 0.5) is 17.1 Å². The van der Waals surface area contributed by atoms with Crippen molar-refractivity contribution in [2.45, 2.75) is 17.8 Å². The van der Waals surface area contributed by atoms with E-state index >= 15 is 0 Å². The number of benzene rings is 8. The first kappa shape index (κ1) is 32.5. The third-order valence-electron chi connectivity index (χ3n) is 12.9. The molecule has 1 atom stereocenters. The van der Waals surface area contributed by atoms with Gasteiger partial charge < -0.3 is 18.8 Å². The number of fused-ring (bicyclic) bond motifs is 15. The molecule has 4 aliphatic rings. The molecule has 1 spiro atoms. The number of allylic oxidation sites excluding steroid dienone is 1. The Morgan fingerprint density at radius 1 is 0.475 bits per heavy atom. The van der Waals surface area contributed by atoms with E-state index in [9.17, 15) is 0 Å². The summed E-state index contributed by atoms with van der Waals surface area (Å²) in [6.07, 6.45) is 5.35. The fourth-order valence-electron chi connectivity index (χ4n) is 10.4. The van der Waals surface area contributed by atoms with Gasteiger partial charge in [-0.1, -0.05) is 140 Å². The van der Waals surface area contributed by atoms with E-state index in [0.29, 0.717) is 17.2 Å². The second kappa shape index (κ2) is 12.2. The molecule has 0 saturated carbocycles. The van der Waals surface area contributed by atoms with E-state index < -0.39 is 5.41 Å². The van der Waals surface area contributed by atoms with Gasteiger partial charge in [-0.25, -0.2) is 0 Å². The molecule has 3 aliphatic carbocycles. The first-order valence-electron chi connectivity index (χ1n) is 20.3. The van der Waals surface area contributed by atoms with E-state index in [4.69, 9.17) is 13.9 Å². The maximum atomic E-state index is 6.91. The summed E-state index contributed by atoms with van der Waals surface area (Å²) in [5, 5.41) is 1.16. The van der Waals surface area contributed by atoms with Crippen molar-refractivity contribution in [3.8, 4) is 45.3 Å². The van der Waals surface area contributed by atoms with Gasteiger partial charge in [0.15, 0.2) is 23.0 Å². The van der Waals surface area contributed by atoms with Crippen molar-refractivity contribution in [3.63, 3.8) is 0 Å². The SMILES string of the molecule is C1=CC(c2ccccc2N(c2ccccc2)c2ccc3c(c2)Oc2cc4c(cc2O3)C2(c3ccccc3-c3ccccc32)c2ccccc2-4)Cc2oc3ccccc3c21. The molecule has 0 N–H and O–H groups in total. The fourth-order valence-corrected chi connectivity index (χ4v) is 10.4. The summed E-state index contributed by atoms with van der Waals surface area (Å²) >= 11 is 0. The van der Waals surface area contributed by atoms with Gasteiger partial charge in [0.05, 0.1) is 11.1 Å². The topological polar surface area (TPSA) is 34.8 Å². The molecule has 1 aliphatic heterocycles. The van der Waals surface area contributed by atoms with Gasteiger partial charge in [-0.2, -0.15) is 0 Å². The highest BCUT2D eigenvalue weighted by atomic mass is 16.6. The highest BCUT2D eigenvalue weighted by Gasteiger charge is 2.52. The standard InChI is InChI=1S/C55H35NO3/c1-2-14-35(15-3-1)56(48-24-12-7-16-37(48)34-26-28-42-41-20-8-13-25-49(41)57-51(42)30-34)36-27-29-50-52(31-36)59-53-32-43-40-19-6-11-23-46(40)55(47(43)33-54(53)58-50)44-21-9-4-17-38(44)39-18-5-10-22-45(39)55/h1-29,31-34H,30H2. The molecule has 278 valence electrons. The Kier molecular flexibility index (Phi) is 6.74. The van der Waals surface area contributed by atoms with E-state index in [1.807, 2.05) is 12.1 Å². The van der Waals surface area contributed by atoms with E-state index in [1.165, 1.54) is 55.6 Å². The predicted octanol–water partition coefficient (Wildman–Crippen LogP) is 14.5. The van der Waals surface area contributed by atoms with E-state index in [1.54, 1.807) is 0 Å². The van der Waals surface area contributed by atoms with Crippen molar-refractivity contribution in [2.24, 2.45) is 0 Å². The molecule has 0 bridgehead atoms. The van der Waals surface area contributed by atoms with Gasteiger partial charge in [-0.3, -0.25) is 0 Å². The minimum absolute atomic E-state index is 0.127. The predicted molar refractivity (Wildman–Crippen MR) is 236 cm³/mol. The van der Waals surface area contributed by atoms with Gasteiger partial charge >= 0.3 is 0 Å². The lowest BCUT2D eigenvalue weighted by atomic mass is 9.70. The summed E-state index contributed by atoms with van der Waals surface area (Å²) in [6, 6.07) is 64.9. The smallest absolute Gasteiger partial charge is 0.172 e. The van der Waals surface area contributed by atoms with E-state index in [-0.39, 0.29) is 5.92 Å². The van der Waals surface area contributed by atoms with Crippen LogP contribution in [0.25, 0.3) is 39.3 Å². The molecule has 4 nitrogen and oxygen atoms in total. The maximum Gasteiger partial charge on any atom is 0.172 e. The Morgan fingerprint density at radius 2 is 1.08 bits per heavy atom. The molecule has 9 aromatic rings. The first-order chi connectivity index (χ1) is 29.2.